The van der Waals surface area contributed by atoms with Gasteiger partial charge in [-0.1, -0.05) is 45.0 Å². The number of aliphatic hydroxyl groups is 1. The lowest BCUT2D eigenvalue weighted by molar-refractivity contribution is -0.153. The summed E-state index contributed by atoms with van der Waals surface area (Å²) in [6.45, 7) is 10.5. The van der Waals surface area contributed by atoms with E-state index in [0.29, 0.717) is 24.2 Å². The van der Waals surface area contributed by atoms with Crippen LogP contribution >= 0.6 is 0 Å². The Morgan fingerprint density at radius 2 is 1.74 bits per heavy atom. The van der Waals surface area contributed by atoms with E-state index in [4.69, 9.17) is 0 Å². The Balaban J connectivity index is 1.31. The molecule has 2 saturated carbocycles. The van der Waals surface area contributed by atoms with Crippen LogP contribution in [0.3, 0.4) is 0 Å². The van der Waals surface area contributed by atoms with E-state index >= 15 is 0 Å². The third-order valence-corrected chi connectivity index (χ3v) is 7.44. The van der Waals surface area contributed by atoms with Gasteiger partial charge in [-0.15, -0.1) is 0 Å². The SMILES string of the molecule is CC1(O)CC(C(=O)N2CCC3(CC2)CC(c2cccc(C(C)(C)C)c2)C3)C1. The molecule has 27 heavy (non-hydrogen) atoms. The minimum atomic E-state index is -0.611. The number of rotatable bonds is 2. The van der Waals surface area contributed by atoms with Gasteiger partial charge in [-0.25, -0.2) is 0 Å². The number of hydrogen-bond donors (Lipinski definition) is 1. The van der Waals surface area contributed by atoms with Crippen LogP contribution in [-0.2, 0) is 10.2 Å². The first-order chi connectivity index (χ1) is 12.6. The molecular weight excluding hydrogens is 334 g/mol. The molecule has 3 fully saturated rings. The van der Waals surface area contributed by atoms with E-state index < -0.39 is 5.60 Å². The van der Waals surface area contributed by atoms with Crippen LogP contribution < -0.4 is 0 Å². The first-order valence-electron chi connectivity index (χ1n) is 10.7. The van der Waals surface area contributed by atoms with E-state index in [0.717, 1.165) is 25.9 Å². The summed E-state index contributed by atoms with van der Waals surface area (Å²) < 4.78 is 0. The summed E-state index contributed by atoms with van der Waals surface area (Å²) in [5, 5.41) is 9.90. The predicted octanol–water partition coefficient (Wildman–Crippen LogP) is 4.63. The smallest absolute Gasteiger partial charge is 0.225 e. The van der Waals surface area contributed by atoms with Crippen LogP contribution in [0.15, 0.2) is 24.3 Å². The summed E-state index contributed by atoms with van der Waals surface area (Å²) in [5.41, 5.74) is 2.99. The minimum absolute atomic E-state index is 0.0586. The normalized spacial score (nSPS) is 30.7. The second-order valence-corrected chi connectivity index (χ2v) is 10.9. The topological polar surface area (TPSA) is 40.5 Å². The van der Waals surface area contributed by atoms with Crippen LogP contribution in [0.25, 0.3) is 0 Å². The molecule has 1 aliphatic heterocycles. The fourth-order valence-corrected chi connectivity index (χ4v) is 5.52. The highest BCUT2D eigenvalue weighted by molar-refractivity contribution is 5.80. The molecular formula is C24H35NO2. The number of carbonyl (C=O) groups excluding carboxylic acids is 1. The van der Waals surface area contributed by atoms with Gasteiger partial charge in [-0.05, 0) is 73.3 Å². The van der Waals surface area contributed by atoms with Gasteiger partial charge >= 0.3 is 0 Å². The van der Waals surface area contributed by atoms with Gasteiger partial charge < -0.3 is 10.0 Å². The van der Waals surface area contributed by atoms with Crippen LogP contribution in [-0.4, -0.2) is 34.6 Å². The Bertz CT molecular complexity index is 706. The summed E-state index contributed by atoms with van der Waals surface area (Å²) in [5.74, 6) is 1.03. The Kier molecular flexibility index (Phi) is 4.46. The fraction of sp³-hybridized carbons (Fsp3) is 0.708. The van der Waals surface area contributed by atoms with E-state index in [1.54, 1.807) is 0 Å². The molecule has 1 heterocycles. The van der Waals surface area contributed by atoms with Crippen LogP contribution in [0.5, 0.6) is 0 Å². The Morgan fingerprint density at radius 1 is 1.11 bits per heavy atom. The van der Waals surface area contributed by atoms with Crippen molar-refractivity contribution in [2.45, 2.75) is 83.2 Å². The number of nitrogens with zero attached hydrogens (tertiary/aromatic N) is 1. The Morgan fingerprint density at radius 3 is 2.30 bits per heavy atom. The van der Waals surface area contributed by atoms with Gasteiger partial charge in [0.15, 0.2) is 0 Å². The molecule has 1 N–H and O–H groups in total. The van der Waals surface area contributed by atoms with Crippen LogP contribution in [0.1, 0.15) is 83.3 Å². The molecule has 1 amide bonds. The molecule has 1 spiro atoms. The molecule has 1 saturated heterocycles. The van der Waals surface area contributed by atoms with Crippen molar-refractivity contribution in [3.8, 4) is 0 Å². The number of benzene rings is 1. The maximum Gasteiger partial charge on any atom is 0.225 e. The van der Waals surface area contributed by atoms with E-state index in [1.807, 2.05) is 6.92 Å². The third kappa shape index (κ3) is 3.68. The monoisotopic (exact) mass is 369 g/mol. The first kappa shape index (κ1) is 19.0. The van der Waals surface area contributed by atoms with Gasteiger partial charge in [0.25, 0.3) is 0 Å². The minimum Gasteiger partial charge on any atom is -0.390 e. The molecule has 3 heteroatoms. The standard InChI is InChI=1S/C24H35NO2/c1-22(2,3)20-7-5-6-17(12-20)18-15-24(16-18)8-10-25(11-9-24)21(26)19-13-23(4,27)14-19/h5-7,12,18-19,27H,8-11,13-16H2,1-4H3. The second-order valence-electron chi connectivity index (χ2n) is 10.9. The van der Waals surface area contributed by atoms with E-state index in [9.17, 15) is 9.90 Å². The highest BCUT2D eigenvalue weighted by atomic mass is 16.3. The molecule has 148 valence electrons. The van der Waals surface area contributed by atoms with Crippen molar-refractivity contribution < 1.29 is 9.90 Å². The zero-order valence-electron chi connectivity index (χ0n) is 17.4. The van der Waals surface area contributed by atoms with Crippen molar-refractivity contribution in [1.29, 1.82) is 0 Å². The van der Waals surface area contributed by atoms with Crippen molar-refractivity contribution in [2.24, 2.45) is 11.3 Å². The van der Waals surface area contributed by atoms with Crippen molar-refractivity contribution in [3.05, 3.63) is 35.4 Å². The van der Waals surface area contributed by atoms with Gasteiger partial charge in [-0.3, -0.25) is 4.79 Å². The molecule has 0 bridgehead atoms. The zero-order valence-corrected chi connectivity index (χ0v) is 17.4. The number of likely N-dealkylation sites (tertiary alicyclic amines) is 1. The van der Waals surface area contributed by atoms with Crippen LogP contribution in [0.4, 0.5) is 0 Å². The summed E-state index contributed by atoms with van der Waals surface area (Å²) in [6.07, 6.45) is 6.13. The predicted molar refractivity (Wildman–Crippen MR) is 109 cm³/mol. The maximum atomic E-state index is 12.6. The van der Waals surface area contributed by atoms with Gasteiger partial charge in [0, 0.05) is 19.0 Å². The van der Waals surface area contributed by atoms with Crippen molar-refractivity contribution >= 4 is 5.91 Å². The molecule has 0 atom stereocenters. The summed E-state index contributed by atoms with van der Waals surface area (Å²) >= 11 is 0. The molecule has 0 aromatic heterocycles. The van der Waals surface area contributed by atoms with E-state index in [2.05, 4.69) is 49.9 Å². The summed E-state index contributed by atoms with van der Waals surface area (Å²) in [7, 11) is 0. The molecule has 4 rings (SSSR count). The number of amides is 1. The first-order valence-corrected chi connectivity index (χ1v) is 10.7. The highest BCUT2D eigenvalue weighted by Gasteiger charge is 2.49. The summed E-state index contributed by atoms with van der Waals surface area (Å²) in [4.78, 5) is 14.7. The second kappa shape index (κ2) is 6.34. The van der Waals surface area contributed by atoms with Crippen molar-refractivity contribution in [1.82, 2.24) is 4.90 Å². The van der Waals surface area contributed by atoms with Gasteiger partial charge in [-0.2, -0.15) is 0 Å². The molecule has 1 aromatic rings. The van der Waals surface area contributed by atoms with Crippen molar-refractivity contribution in [3.63, 3.8) is 0 Å². The molecule has 3 nitrogen and oxygen atoms in total. The Hall–Kier alpha value is -1.35. The largest absolute Gasteiger partial charge is 0.390 e. The summed E-state index contributed by atoms with van der Waals surface area (Å²) in [6, 6.07) is 9.18. The zero-order chi connectivity index (χ0) is 19.4. The molecule has 0 unspecified atom stereocenters. The molecule has 0 radical (unpaired) electrons. The van der Waals surface area contributed by atoms with Crippen molar-refractivity contribution in [2.75, 3.05) is 13.1 Å². The molecule has 3 aliphatic rings. The van der Waals surface area contributed by atoms with E-state index in [1.165, 1.54) is 24.0 Å². The van der Waals surface area contributed by atoms with E-state index in [-0.39, 0.29) is 17.2 Å². The lowest BCUT2D eigenvalue weighted by Gasteiger charge is -2.53. The quantitative estimate of drug-likeness (QED) is 0.825. The lowest BCUT2D eigenvalue weighted by atomic mass is 9.56. The fourth-order valence-electron chi connectivity index (χ4n) is 5.52. The molecule has 1 aromatic carbocycles. The Labute approximate surface area is 164 Å². The van der Waals surface area contributed by atoms with Crippen LogP contribution in [0, 0.1) is 11.3 Å². The maximum absolute atomic E-state index is 12.6. The van der Waals surface area contributed by atoms with Gasteiger partial charge in [0.2, 0.25) is 5.91 Å². The molecule has 2 aliphatic carbocycles. The number of piperidine rings is 1. The average Bonchev–Trinajstić information content (AvgIpc) is 2.56. The number of hydrogen-bond acceptors (Lipinski definition) is 2. The number of carbonyl (C=O) groups is 1. The lowest BCUT2D eigenvalue weighted by Crippen LogP contribution is -2.53. The van der Waals surface area contributed by atoms with Gasteiger partial charge in [0.1, 0.15) is 0 Å². The average molecular weight is 370 g/mol. The van der Waals surface area contributed by atoms with Gasteiger partial charge in [0.05, 0.1) is 5.60 Å². The highest BCUT2D eigenvalue weighted by Crippen LogP contribution is 2.57. The van der Waals surface area contributed by atoms with Crippen LogP contribution in [0.2, 0.25) is 0 Å². The third-order valence-electron chi connectivity index (χ3n) is 7.44.